The van der Waals surface area contributed by atoms with E-state index in [9.17, 15) is 18.0 Å². The Morgan fingerprint density at radius 1 is 1.27 bits per heavy atom. The average molecular weight is 437 g/mol. The van der Waals surface area contributed by atoms with E-state index in [4.69, 9.17) is 11.6 Å². The fraction of sp³-hybridized carbons (Fsp3) is 0.381. The Bertz CT molecular complexity index is 1100. The molecular weight excluding hydrogens is 417 g/mol. The number of fused-ring (bicyclic) bond motifs is 1. The molecule has 158 valence electrons. The van der Waals surface area contributed by atoms with Crippen LogP contribution in [0, 0.1) is 6.92 Å². The molecule has 1 aliphatic rings. The number of piperidine rings is 1. The Morgan fingerprint density at radius 2 is 2.07 bits per heavy atom. The molecule has 0 bridgehead atoms. The van der Waals surface area contributed by atoms with Crippen molar-refractivity contribution in [3.8, 4) is 0 Å². The standard InChI is InChI=1S/C21H20ClF3N4O/c1-13-8-19-26-17(11-18(21(23,24)25)29(19)27-13)15-5-3-7-28(12-15)20(30)10-14-4-2-6-16(22)9-14/h2,4,6,8-9,11,15H,3,5,7,10,12H2,1H3. The van der Waals surface area contributed by atoms with Gasteiger partial charge in [-0.3, -0.25) is 4.79 Å². The molecule has 1 atom stereocenters. The number of rotatable bonds is 3. The summed E-state index contributed by atoms with van der Waals surface area (Å²) in [5, 5.41) is 4.48. The Hall–Kier alpha value is -2.61. The smallest absolute Gasteiger partial charge is 0.342 e. The monoisotopic (exact) mass is 436 g/mol. The lowest BCUT2D eigenvalue weighted by Gasteiger charge is -2.33. The summed E-state index contributed by atoms with van der Waals surface area (Å²) in [6, 6.07) is 9.70. The van der Waals surface area contributed by atoms with Gasteiger partial charge in [0, 0.05) is 35.8 Å². The Balaban J connectivity index is 1.58. The van der Waals surface area contributed by atoms with Crippen LogP contribution in [0.5, 0.6) is 0 Å². The van der Waals surface area contributed by atoms with Gasteiger partial charge in [0.25, 0.3) is 0 Å². The molecule has 5 nitrogen and oxygen atoms in total. The second-order valence-electron chi connectivity index (χ2n) is 7.61. The molecular formula is C21H20ClF3N4O. The lowest BCUT2D eigenvalue weighted by Crippen LogP contribution is -2.40. The van der Waals surface area contributed by atoms with Crippen molar-refractivity contribution >= 4 is 23.2 Å². The molecule has 4 rings (SSSR count). The summed E-state index contributed by atoms with van der Waals surface area (Å²) in [5.74, 6) is -0.331. The van der Waals surface area contributed by atoms with Crippen LogP contribution in [0.2, 0.25) is 5.02 Å². The summed E-state index contributed by atoms with van der Waals surface area (Å²) in [7, 11) is 0. The molecule has 3 heterocycles. The molecule has 1 unspecified atom stereocenters. The number of likely N-dealkylation sites (tertiary alicyclic amines) is 1. The zero-order chi connectivity index (χ0) is 21.5. The Labute approximate surface area is 176 Å². The van der Waals surface area contributed by atoms with Crippen molar-refractivity contribution in [1.82, 2.24) is 19.5 Å². The first-order chi connectivity index (χ1) is 14.2. The van der Waals surface area contributed by atoms with Crippen LogP contribution in [-0.4, -0.2) is 38.5 Å². The Kier molecular flexibility index (Phi) is 5.44. The van der Waals surface area contributed by atoms with E-state index in [1.807, 2.05) is 6.07 Å². The first kappa shape index (κ1) is 20.7. The second-order valence-corrected chi connectivity index (χ2v) is 8.04. The highest BCUT2D eigenvalue weighted by Gasteiger charge is 2.36. The van der Waals surface area contributed by atoms with Crippen molar-refractivity contribution in [2.75, 3.05) is 13.1 Å². The van der Waals surface area contributed by atoms with Crippen LogP contribution in [0.15, 0.2) is 36.4 Å². The second kappa shape index (κ2) is 7.91. The molecule has 9 heteroatoms. The molecule has 1 amide bonds. The predicted molar refractivity (Wildman–Crippen MR) is 106 cm³/mol. The molecule has 1 saturated heterocycles. The van der Waals surface area contributed by atoms with E-state index >= 15 is 0 Å². The van der Waals surface area contributed by atoms with E-state index in [0.717, 1.165) is 16.1 Å². The van der Waals surface area contributed by atoms with Gasteiger partial charge in [-0.1, -0.05) is 23.7 Å². The number of benzene rings is 1. The van der Waals surface area contributed by atoms with Gasteiger partial charge in [0.1, 0.15) is 5.69 Å². The quantitative estimate of drug-likeness (QED) is 0.600. The summed E-state index contributed by atoms with van der Waals surface area (Å²) in [6.45, 7) is 2.55. The number of nitrogens with zero attached hydrogens (tertiary/aromatic N) is 4. The maximum atomic E-state index is 13.6. The summed E-state index contributed by atoms with van der Waals surface area (Å²) >= 11 is 5.99. The maximum absolute atomic E-state index is 13.6. The predicted octanol–water partition coefficient (Wildman–Crippen LogP) is 4.66. The molecule has 1 fully saturated rings. The molecule has 1 aliphatic heterocycles. The summed E-state index contributed by atoms with van der Waals surface area (Å²) in [6.07, 6.45) is -2.96. The number of amides is 1. The minimum Gasteiger partial charge on any atom is -0.342 e. The normalized spacial score (nSPS) is 17.5. The molecule has 0 aliphatic carbocycles. The van der Waals surface area contributed by atoms with Crippen LogP contribution in [-0.2, 0) is 17.4 Å². The molecule has 0 radical (unpaired) electrons. The molecule has 0 saturated carbocycles. The molecule has 1 aromatic carbocycles. The lowest BCUT2D eigenvalue weighted by atomic mass is 9.93. The maximum Gasteiger partial charge on any atom is 0.433 e. The zero-order valence-corrected chi connectivity index (χ0v) is 17.0. The largest absolute Gasteiger partial charge is 0.433 e. The van der Waals surface area contributed by atoms with Crippen LogP contribution >= 0.6 is 11.6 Å². The van der Waals surface area contributed by atoms with Gasteiger partial charge >= 0.3 is 6.18 Å². The number of carbonyl (C=O) groups excluding carboxylic acids is 1. The molecule has 3 aromatic rings. The summed E-state index contributed by atoms with van der Waals surface area (Å²) in [4.78, 5) is 18.9. The van der Waals surface area contributed by atoms with E-state index in [1.165, 1.54) is 6.07 Å². The number of aromatic nitrogens is 3. The topological polar surface area (TPSA) is 50.5 Å². The highest BCUT2D eigenvalue weighted by Crippen LogP contribution is 2.33. The number of carbonyl (C=O) groups is 1. The van der Waals surface area contributed by atoms with Crippen molar-refractivity contribution < 1.29 is 18.0 Å². The van der Waals surface area contributed by atoms with E-state index < -0.39 is 11.9 Å². The van der Waals surface area contributed by atoms with Gasteiger partial charge in [0.15, 0.2) is 5.65 Å². The van der Waals surface area contributed by atoms with Crippen molar-refractivity contribution in [3.05, 3.63) is 64.1 Å². The minimum absolute atomic E-state index is 0.0701. The van der Waals surface area contributed by atoms with Crippen LogP contribution < -0.4 is 0 Å². The van der Waals surface area contributed by atoms with Crippen LogP contribution in [0.3, 0.4) is 0 Å². The van der Waals surface area contributed by atoms with Crippen LogP contribution in [0.25, 0.3) is 5.65 Å². The van der Waals surface area contributed by atoms with Crippen LogP contribution in [0.1, 0.15) is 41.4 Å². The minimum atomic E-state index is -4.55. The van der Waals surface area contributed by atoms with Gasteiger partial charge in [-0.25, -0.2) is 9.50 Å². The fourth-order valence-corrected chi connectivity index (χ4v) is 4.11. The van der Waals surface area contributed by atoms with Gasteiger partial charge in [0.05, 0.1) is 12.1 Å². The third-order valence-corrected chi connectivity index (χ3v) is 5.53. The lowest BCUT2D eigenvalue weighted by molar-refractivity contribution is -0.142. The van der Waals surface area contributed by atoms with E-state index in [1.54, 1.807) is 30.0 Å². The van der Waals surface area contributed by atoms with Crippen molar-refractivity contribution in [1.29, 1.82) is 0 Å². The number of hydrogen-bond acceptors (Lipinski definition) is 3. The SMILES string of the molecule is Cc1cc2nc(C3CCCN(C(=O)Cc4cccc(Cl)c4)C3)cc(C(F)(F)F)n2n1. The van der Waals surface area contributed by atoms with E-state index in [2.05, 4.69) is 10.1 Å². The first-order valence-corrected chi connectivity index (χ1v) is 10.1. The molecule has 0 N–H and O–H groups in total. The third kappa shape index (κ3) is 4.28. The third-order valence-electron chi connectivity index (χ3n) is 5.30. The average Bonchev–Trinajstić information content (AvgIpc) is 3.06. The number of alkyl halides is 3. The highest BCUT2D eigenvalue weighted by atomic mass is 35.5. The number of aryl methyl sites for hydroxylation is 1. The zero-order valence-electron chi connectivity index (χ0n) is 16.3. The van der Waals surface area contributed by atoms with Gasteiger partial charge in [-0.2, -0.15) is 18.3 Å². The van der Waals surface area contributed by atoms with Gasteiger partial charge < -0.3 is 4.90 Å². The van der Waals surface area contributed by atoms with Crippen molar-refractivity contribution in [3.63, 3.8) is 0 Å². The van der Waals surface area contributed by atoms with Gasteiger partial charge in [0.2, 0.25) is 5.91 Å². The fourth-order valence-electron chi connectivity index (χ4n) is 3.90. The highest BCUT2D eigenvalue weighted by molar-refractivity contribution is 6.30. The summed E-state index contributed by atoms with van der Waals surface area (Å²) < 4.78 is 41.6. The summed E-state index contributed by atoms with van der Waals surface area (Å²) in [5.41, 5.74) is 0.933. The van der Waals surface area contributed by atoms with E-state index in [-0.39, 0.29) is 23.9 Å². The Morgan fingerprint density at radius 3 is 2.80 bits per heavy atom. The van der Waals surface area contributed by atoms with Crippen molar-refractivity contribution in [2.45, 2.75) is 38.3 Å². The van der Waals surface area contributed by atoms with E-state index in [0.29, 0.717) is 42.3 Å². The number of hydrogen-bond donors (Lipinski definition) is 0. The number of halogens is 4. The van der Waals surface area contributed by atoms with Gasteiger partial charge in [-0.05, 0) is 43.5 Å². The van der Waals surface area contributed by atoms with Crippen molar-refractivity contribution in [2.24, 2.45) is 0 Å². The van der Waals surface area contributed by atoms with Gasteiger partial charge in [-0.15, -0.1) is 0 Å². The molecule has 30 heavy (non-hydrogen) atoms. The molecule has 0 spiro atoms. The molecule has 2 aromatic heterocycles. The van der Waals surface area contributed by atoms with Crippen LogP contribution in [0.4, 0.5) is 13.2 Å². The first-order valence-electron chi connectivity index (χ1n) is 9.67.